The number of anilines is 1. The fraction of sp³-hybridized carbons (Fsp3) is 0.211. The number of hydrogen-bond donors (Lipinski definition) is 2. The first-order chi connectivity index (χ1) is 12.5. The molecule has 0 aliphatic rings. The minimum atomic E-state index is -0.819. The summed E-state index contributed by atoms with van der Waals surface area (Å²) in [6.45, 7) is 1.64. The molecule has 26 heavy (non-hydrogen) atoms. The van der Waals surface area contributed by atoms with Gasteiger partial charge in [-0.2, -0.15) is 0 Å². The van der Waals surface area contributed by atoms with Crippen LogP contribution in [0.3, 0.4) is 0 Å². The smallest absolute Gasteiger partial charge is 0.408 e. The summed E-state index contributed by atoms with van der Waals surface area (Å²) < 4.78 is 9.71. The van der Waals surface area contributed by atoms with E-state index in [1.165, 1.54) is 20.1 Å². The summed E-state index contributed by atoms with van der Waals surface area (Å²) in [5, 5.41) is 5.08. The van der Waals surface area contributed by atoms with Crippen LogP contribution < -0.4 is 10.6 Å². The Labute approximate surface area is 151 Å². The first kappa shape index (κ1) is 19.0. The number of carbonyl (C=O) groups excluding carboxylic acids is 3. The number of amides is 2. The van der Waals surface area contributed by atoms with Gasteiger partial charge in [0.1, 0.15) is 12.6 Å². The highest BCUT2D eigenvalue weighted by molar-refractivity contribution is 5.97. The summed E-state index contributed by atoms with van der Waals surface area (Å²) in [4.78, 5) is 35.5. The molecular weight excluding hydrogens is 336 g/mol. The number of nitrogens with one attached hydrogen (secondary N) is 2. The van der Waals surface area contributed by atoms with E-state index in [1.807, 2.05) is 30.3 Å². The van der Waals surface area contributed by atoms with Gasteiger partial charge in [-0.25, -0.2) is 9.59 Å². The fourth-order valence-electron chi connectivity index (χ4n) is 2.10. The molecule has 2 rings (SSSR count). The van der Waals surface area contributed by atoms with Crippen molar-refractivity contribution in [2.45, 2.75) is 19.6 Å². The summed E-state index contributed by atoms with van der Waals surface area (Å²) in [5.74, 6) is -0.944. The number of carbonyl (C=O) groups is 3. The van der Waals surface area contributed by atoms with Crippen LogP contribution in [0.5, 0.6) is 0 Å². The molecule has 2 N–H and O–H groups in total. The van der Waals surface area contributed by atoms with Crippen molar-refractivity contribution < 1.29 is 23.9 Å². The van der Waals surface area contributed by atoms with E-state index in [0.717, 1.165) is 5.56 Å². The molecular formula is C19H20N2O5. The van der Waals surface area contributed by atoms with Gasteiger partial charge in [-0.3, -0.25) is 4.79 Å². The molecule has 2 amide bonds. The lowest BCUT2D eigenvalue weighted by Gasteiger charge is -2.14. The molecule has 0 bridgehead atoms. The monoisotopic (exact) mass is 356 g/mol. The predicted octanol–water partition coefficient (Wildman–Crippen LogP) is 2.73. The summed E-state index contributed by atoms with van der Waals surface area (Å²) in [5.41, 5.74) is 1.58. The van der Waals surface area contributed by atoms with Crippen molar-refractivity contribution in [3.63, 3.8) is 0 Å². The molecule has 0 saturated heterocycles. The Morgan fingerprint density at radius 1 is 1.04 bits per heavy atom. The molecule has 0 aliphatic heterocycles. The third kappa shape index (κ3) is 5.62. The van der Waals surface area contributed by atoms with Gasteiger partial charge < -0.3 is 20.1 Å². The topological polar surface area (TPSA) is 93.7 Å². The number of methoxy groups -OCH3 is 1. The molecule has 1 atom stereocenters. The van der Waals surface area contributed by atoms with Crippen LogP contribution in [0.1, 0.15) is 22.8 Å². The second kappa shape index (κ2) is 9.22. The largest absolute Gasteiger partial charge is 0.465 e. The van der Waals surface area contributed by atoms with Gasteiger partial charge in [0.2, 0.25) is 5.91 Å². The van der Waals surface area contributed by atoms with Gasteiger partial charge in [0, 0.05) is 5.69 Å². The molecule has 0 aromatic heterocycles. The number of hydrogen-bond acceptors (Lipinski definition) is 5. The van der Waals surface area contributed by atoms with E-state index in [0.29, 0.717) is 11.3 Å². The lowest BCUT2D eigenvalue weighted by molar-refractivity contribution is -0.117. The van der Waals surface area contributed by atoms with Crippen LogP contribution in [0.2, 0.25) is 0 Å². The summed E-state index contributed by atoms with van der Waals surface area (Å²) in [6, 6.07) is 14.7. The quantitative estimate of drug-likeness (QED) is 0.776. The van der Waals surface area contributed by atoms with E-state index in [2.05, 4.69) is 15.4 Å². The Morgan fingerprint density at radius 3 is 2.46 bits per heavy atom. The highest BCUT2D eigenvalue weighted by atomic mass is 16.5. The highest BCUT2D eigenvalue weighted by Crippen LogP contribution is 2.12. The van der Waals surface area contributed by atoms with Gasteiger partial charge in [0.15, 0.2) is 0 Å². The van der Waals surface area contributed by atoms with Crippen molar-refractivity contribution in [1.29, 1.82) is 0 Å². The Morgan fingerprint density at radius 2 is 1.77 bits per heavy atom. The van der Waals surface area contributed by atoms with E-state index in [4.69, 9.17) is 4.74 Å². The van der Waals surface area contributed by atoms with Crippen LogP contribution in [-0.4, -0.2) is 31.1 Å². The molecule has 7 heteroatoms. The minimum absolute atomic E-state index is 0.113. The molecule has 7 nitrogen and oxygen atoms in total. The summed E-state index contributed by atoms with van der Waals surface area (Å²) >= 11 is 0. The van der Waals surface area contributed by atoms with Gasteiger partial charge in [-0.1, -0.05) is 36.4 Å². The first-order valence-corrected chi connectivity index (χ1v) is 7.96. The average Bonchev–Trinajstić information content (AvgIpc) is 2.66. The maximum absolute atomic E-state index is 12.2. The molecule has 0 spiro atoms. The van der Waals surface area contributed by atoms with E-state index in [-0.39, 0.29) is 6.61 Å². The molecule has 0 radical (unpaired) electrons. The second-order valence-corrected chi connectivity index (χ2v) is 5.49. The molecule has 0 unspecified atom stereocenters. The number of benzene rings is 2. The SMILES string of the molecule is COC(=O)c1cccc(NC(=O)[C@H](C)NC(=O)OCc2ccccc2)c1. The standard InChI is InChI=1S/C19H20N2O5/c1-13(20-19(24)26-12-14-7-4-3-5-8-14)17(22)21-16-10-6-9-15(11-16)18(23)25-2/h3-11,13H,12H2,1-2H3,(H,20,24)(H,21,22)/t13-/m0/s1. The molecule has 0 heterocycles. The molecule has 2 aromatic carbocycles. The maximum Gasteiger partial charge on any atom is 0.408 e. The Balaban J connectivity index is 1.85. The zero-order chi connectivity index (χ0) is 18.9. The van der Waals surface area contributed by atoms with Crippen LogP contribution in [0.25, 0.3) is 0 Å². The van der Waals surface area contributed by atoms with Crippen LogP contribution in [-0.2, 0) is 20.9 Å². The summed E-state index contributed by atoms with van der Waals surface area (Å²) in [7, 11) is 1.28. The average molecular weight is 356 g/mol. The van der Waals surface area contributed by atoms with Gasteiger partial charge in [-0.05, 0) is 30.7 Å². The minimum Gasteiger partial charge on any atom is -0.465 e. The van der Waals surface area contributed by atoms with Crippen molar-refractivity contribution in [2.75, 3.05) is 12.4 Å². The van der Waals surface area contributed by atoms with Crippen molar-refractivity contribution in [2.24, 2.45) is 0 Å². The number of rotatable bonds is 6. The van der Waals surface area contributed by atoms with E-state index in [1.54, 1.807) is 18.2 Å². The molecule has 0 saturated carbocycles. The van der Waals surface area contributed by atoms with Crippen molar-refractivity contribution in [3.8, 4) is 0 Å². The third-order valence-corrected chi connectivity index (χ3v) is 3.49. The zero-order valence-corrected chi connectivity index (χ0v) is 14.5. The molecule has 0 aliphatic carbocycles. The van der Waals surface area contributed by atoms with Gasteiger partial charge in [-0.15, -0.1) is 0 Å². The zero-order valence-electron chi connectivity index (χ0n) is 14.5. The molecule has 0 fully saturated rings. The first-order valence-electron chi connectivity index (χ1n) is 7.96. The van der Waals surface area contributed by atoms with Crippen molar-refractivity contribution in [3.05, 3.63) is 65.7 Å². The fourth-order valence-corrected chi connectivity index (χ4v) is 2.10. The third-order valence-electron chi connectivity index (χ3n) is 3.49. The number of esters is 1. The van der Waals surface area contributed by atoms with Crippen LogP contribution in [0.4, 0.5) is 10.5 Å². The molecule has 2 aromatic rings. The van der Waals surface area contributed by atoms with Gasteiger partial charge in [0.05, 0.1) is 12.7 Å². The number of ether oxygens (including phenoxy) is 2. The highest BCUT2D eigenvalue weighted by Gasteiger charge is 2.17. The Bertz CT molecular complexity index is 777. The van der Waals surface area contributed by atoms with Gasteiger partial charge >= 0.3 is 12.1 Å². The van der Waals surface area contributed by atoms with E-state index in [9.17, 15) is 14.4 Å². The normalized spacial score (nSPS) is 11.2. The van der Waals surface area contributed by atoms with Crippen molar-refractivity contribution in [1.82, 2.24) is 5.32 Å². The van der Waals surface area contributed by atoms with Crippen molar-refractivity contribution >= 4 is 23.7 Å². The van der Waals surface area contributed by atoms with Crippen LogP contribution >= 0.6 is 0 Å². The second-order valence-electron chi connectivity index (χ2n) is 5.49. The Kier molecular flexibility index (Phi) is 6.73. The molecule has 136 valence electrons. The van der Waals surface area contributed by atoms with E-state index < -0.39 is 24.0 Å². The van der Waals surface area contributed by atoms with Gasteiger partial charge in [0.25, 0.3) is 0 Å². The lowest BCUT2D eigenvalue weighted by Crippen LogP contribution is -2.41. The van der Waals surface area contributed by atoms with Crippen LogP contribution in [0, 0.1) is 0 Å². The summed E-state index contributed by atoms with van der Waals surface area (Å²) in [6.07, 6.45) is -0.695. The van der Waals surface area contributed by atoms with E-state index >= 15 is 0 Å². The number of alkyl carbamates (subject to hydrolysis) is 1. The van der Waals surface area contributed by atoms with Crippen LogP contribution in [0.15, 0.2) is 54.6 Å². The predicted molar refractivity (Wildman–Crippen MR) is 95.6 cm³/mol. The maximum atomic E-state index is 12.2. The Hall–Kier alpha value is -3.35. The lowest BCUT2D eigenvalue weighted by atomic mass is 10.2.